The molecule has 8 heteroatoms. The van der Waals surface area contributed by atoms with Gasteiger partial charge in [0.15, 0.2) is 0 Å². The van der Waals surface area contributed by atoms with Crippen LogP contribution in [0.15, 0.2) is 48.5 Å². The zero-order chi connectivity index (χ0) is 18.5. The molecule has 2 aromatic rings. The number of hydrazine groups is 1. The van der Waals surface area contributed by atoms with Crippen molar-refractivity contribution in [3.63, 3.8) is 0 Å². The lowest BCUT2D eigenvalue weighted by Gasteiger charge is -2.30. The molecule has 0 bridgehead atoms. The zero-order valence-electron chi connectivity index (χ0n) is 14.0. The summed E-state index contributed by atoms with van der Waals surface area (Å²) < 4.78 is 0. The number of fused-ring (bicyclic) bond motifs is 1. The number of rotatable bonds is 4. The van der Waals surface area contributed by atoms with Crippen molar-refractivity contribution < 1.29 is 14.5 Å². The molecule has 2 amide bonds. The lowest BCUT2D eigenvalue weighted by molar-refractivity contribution is -0.385. The minimum absolute atomic E-state index is 0.0914. The normalized spacial score (nSPS) is 12.8. The number of nitrogens with one attached hydrogen (secondary N) is 2. The molecule has 3 rings (SSSR count). The van der Waals surface area contributed by atoms with E-state index in [0.29, 0.717) is 0 Å². The first-order chi connectivity index (χ1) is 12.6. The molecule has 2 N–H and O–H groups in total. The fourth-order valence-corrected chi connectivity index (χ4v) is 3.01. The van der Waals surface area contributed by atoms with Gasteiger partial charge >= 0.3 is 0 Å². The number of nitrogens with zero attached hydrogens (tertiary/aromatic N) is 2. The van der Waals surface area contributed by atoms with Gasteiger partial charge in [0.05, 0.1) is 11.5 Å². The van der Waals surface area contributed by atoms with Crippen molar-refractivity contribution in [3.8, 4) is 0 Å². The molecule has 0 spiro atoms. The molecule has 0 aliphatic carbocycles. The predicted octanol–water partition coefficient (Wildman–Crippen LogP) is 1.81. The number of anilines is 1. The molecule has 0 saturated carbocycles. The van der Waals surface area contributed by atoms with E-state index in [0.717, 1.165) is 25.1 Å². The number of nitro groups is 1. The number of hydrogen-bond acceptors (Lipinski definition) is 5. The summed E-state index contributed by atoms with van der Waals surface area (Å²) >= 11 is 0. The van der Waals surface area contributed by atoms with Gasteiger partial charge in [-0.05, 0) is 30.5 Å². The van der Waals surface area contributed by atoms with Crippen molar-refractivity contribution in [2.45, 2.75) is 12.8 Å². The summed E-state index contributed by atoms with van der Waals surface area (Å²) in [7, 11) is 0. The molecular weight excluding hydrogens is 336 g/mol. The highest BCUT2D eigenvalue weighted by molar-refractivity contribution is 5.99. The number of hydrogen-bond donors (Lipinski definition) is 2. The molecule has 0 fully saturated rings. The van der Waals surface area contributed by atoms with E-state index < -0.39 is 16.7 Å². The molecule has 2 aromatic carbocycles. The zero-order valence-corrected chi connectivity index (χ0v) is 14.0. The third-order valence-corrected chi connectivity index (χ3v) is 4.20. The highest BCUT2D eigenvalue weighted by Crippen LogP contribution is 2.26. The van der Waals surface area contributed by atoms with Crippen molar-refractivity contribution in [1.82, 2.24) is 10.9 Å². The van der Waals surface area contributed by atoms with Crippen molar-refractivity contribution in [1.29, 1.82) is 0 Å². The molecule has 0 unspecified atom stereocenters. The van der Waals surface area contributed by atoms with Gasteiger partial charge in [0.1, 0.15) is 5.56 Å². The van der Waals surface area contributed by atoms with Gasteiger partial charge in [-0.1, -0.05) is 30.3 Å². The maximum atomic E-state index is 12.2. The number of amides is 2. The van der Waals surface area contributed by atoms with Crippen LogP contribution in [0.25, 0.3) is 0 Å². The van der Waals surface area contributed by atoms with Crippen LogP contribution in [0.3, 0.4) is 0 Å². The summed E-state index contributed by atoms with van der Waals surface area (Å²) in [5, 5.41) is 11.0. The second kappa shape index (κ2) is 7.64. The number of benzene rings is 2. The molecule has 134 valence electrons. The van der Waals surface area contributed by atoms with Crippen LogP contribution in [0.2, 0.25) is 0 Å². The average molecular weight is 354 g/mol. The van der Waals surface area contributed by atoms with E-state index >= 15 is 0 Å². The molecule has 8 nitrogen and oxygen atoms in total. The highest BCUT2D eigenvalue weighted by atomic mass is 16.6. The van der Waals surface area contributed by atoms with Gasteiger partial charge < -0.3 is 4.90 Å². The van der Waals surface area contributed by atoms with Crippen molar-refractivity contribution in [3.05, 3.63) is 69.8 Å². The number of para-hydroxylation sites is 2. The Hall–Kier alpha value is -3.42. The van der Waals surface area contributed by atoms with Crippen LogP contribution in [-0.4, -0.2) is 29.8 Å². The van der Waals surface area contributed by atoms with Gasteiger partial charge in [0.25, 0.3) is 17.5 Å². The Morgan fingerprint density at radius 2 is 1.81 bits per heavy atom. The molecule has 1 heterocycles. The van der Waals surface area contributed by atoms with Gasteiger partial charge in [-0.3, -0.25) is 30.6 Å². The number of carbonyl (C=O) groups excluding carboxylic acids is 2. The molecule has 0 radical (unpaired) electrons. The summed E-state index contributed by atoms with van der Waals surface area (Å²) in [5.41, 5.74) is 6.34. The Kier molecular flexibility index (Phi) is 5.12. The van der Waals surface area contributed by atoms with Gasteiger partial charge in [-0.2, -0.15) is 0 Å². The Balaban J connectivity index is 1.60. The monoisotopic (exact) mass is 354 g/mol. The standard InChI is InChI=1S/C18H18N4O4/c23-17(12-21-11-5-7-13-6-1-3-9-15(13)21)19-20-18(24)14-8-2-4-10-16(14)22(25)26/h1-4,6,8-10H,5,7,11-12H2,(H,19,23)(H,20,24). The molecule has 26 heavy (non-hydrogen) atoms. The number of aryl methyl sites for hydroxylation is 1. The fourth-order valence-electron chi connectivity index (χ4n) is 3.01. The van der Waals surface area contributed by atoms with Gasteiger partial charge in [-0.25, -0.2) is 0 Å². The van der Waals surface area contributed by atoms with E-state index in [1.807, 2.05) is 29.2 Å². The second-order valence-electron chi connectivity index (χ2n) is 5.93. The fraction of sp³-hybridized carbons (Fsp3) is 0.222. The van der Waals surface area contributed by atoms with E-state index in [1.54, 1.807) is 0 Å². The van der Waals surface area contributed by atoms with Crippen molar-refractivity contribution >= 4 is 23.2 Å². The minimum Gasteiger partial charge on any atom is -0.362 e. The summed E-state index contributed by atoms with van der Waals surface area (Å²) in [5.74, 6) is -1.13. The summed E-state index contributed by atoms with van der Waals surface area (Å²) in [6.45, 7) is 0.844. The molecular formula is C18H18N4O4. The minimum atomic E-state index is -0.732. The van der Waals surface area contributed by atoms with E-state index in [9.17, 15) is 19.7 Å². The first-order valence-corrected chi connectivity index (χ1v) is 8.21. The van der Waals surface area contributed by atoms with Crippen molar-refractivity contribution in [2.24, 2.45) is 0 Å². The Bertz CT molecular complexity index is 853. The van der Waals surface area contributed by atoms with Crippen LogP contribution in [0.5, 0.6) is 0 Å². The Morgan fingerprint density at radius 3 is 2.62 bits per heavy atom. The lowest BCUT2D eigenvalue weighted by atomic mass is 10.0. The largest absolute Gasteiger partial charge is 0.362 e. The molecule has 0 aromatic heterocycles. The highest BCUT2D eigenvalue weighted by Gasteiger charge is 2.21. The van der Waals surface area contributed by atoms with Crippen LogP contribution in [0.4, 0.5) is 11.4 Å². The molecule has 1 aliphatic rings. The topological polar surface area (TPSA) is 105 Å². The second-order valence-corrected chi connectivity index (χ2v) is 5.93. The first kappa shape index (κ1) is 17.4. The number of carbonyl (C=O) groups is 2. The number of nitro benzene ring substituents is 1. The predicted molar refractivity (Wildman–Crippen MR) is 95.7 cm³/mol. The van der Waals surface area contributed by atoms with Crippen LogP contribution >= 0.6 is 0 Å². The first-order valence-electron chi connectivity index (χ1n) is 8.21. The van der Waals surface area contributed by atoms with E-state index in [1.165, 1.54) is 29.8 Å². The Morgan fingerprint density at radius 1 is 1.08 bits per heavy atom. The summed E-state index contributed by atoms with van der Waals surface area (Å²) in [6.07, 6.45) is 1.93. The third-order valence-electron chi connectivity index (χ3n) is 4.20. The van der Waals surface area contributed by atoms with Crippen LogP contribution in [-0.2, 0) is 11.2 Å². The van der Waals surface area contributed by atoms with E-state index in [4.69, 9.17) is 0 Å². The van der Waals surface area contributed by atoms with Gasteiger partial charge in [0.2, 0.25) is 0 Å². The molecule has 0 saturated heterocycles. The molecule has 1 aliphatic heterocycles. The maximum Gasteiger partial charge on any atom is 0.282 e. The smallest absolute Gasteiger partial charge is 0.282 e. The van der Waals surface area contributed by atoms with E-state index in [2.05, 4.69) is 10.9 Å². The summed E-state index contributed by atoms with van der Waals surface area (Å²) in [6, 6.07) is 13.5. The van der Waals surface area contributed by atoms with Crippen molar-refractivity contribution in [2.75, 3.05) is 18.0 Å². The lowest BCUT2D eigenvalue weighted by Crippen LogP contribution is -2.47. The van der Waals surface area contributed by atoms with Crippen LogP contribution in [0, 0.1) is 10.1 Å². The Labute approximate surface area is 149 Å². The maximum absolute atomic E-state index is 12.2. The quantitative estimate of drug-likeness (QED) is 0.644. The molecule has 0 atom stereocenters. The van der Waals surface area contributed by atoms with Gasteiger partial charge in [-0.15, -0.1) is 0 Å². The third kappa shape index (κ3) is 3.80. The SMILES string of the molecule is O=C(CN1CCCc2ccccc21)NNC(=O)c1ccccc1[N+](=O)[O-]. The van der Waals surface area contributed by atoms with Gasteiger partial charge in [0, 0.05) is 18.3 Å². The summed E-state index contributed by atoms with van der Waals surface area (Å²) in [4.78, 5) is 36.6. The van der Waals surface area contributed by atoms with Crippen LogP contribution in [0.1, 0.15) is 22.3 Å². The average Bonchev–Trinajstić information content (AvgIpc) is 2.66. The van der Waals surface area contributed by atoms with Crippen LogP contribution < -0.4 is 15.8 Å². The van der Waals surface area contributed by atoms with E-state index in [-0.39, 0.29) is 17.8 Å².